The average molecular weight is 479 g/mol. The highest BCUT2D eigenvalue weighted by Crippen LogP contribution is 2.73. The van der Waals surface area contributed by atoms with Crippen LogP contribution in [0.5, 0.6) is 0 Å². The van der Waals surface area contributed by atoms with Crippen molar-refractivity contribution in [2.24, 2.45) is 16.6 Å². The molecule has 1 aliphatic carbocycles. The number of amidine groups is 1. The molecule has 174 valence electrons. The van der Waals surface area contributed by atoms with Crippen molar-refractivity contribution in [3.05, 3.63) is 71.4 Å². The lowest BCUT2D eigenvalue weighted by atomic mass is 9.85. The van der Waals surface area contributed by atoms with Crippen molar-refractivity contribution < 1.29 is 22.3 Å². The molecular formula is C23H22F4N4OS. The number of fused-ring (bicyclic) bond motifs is 1. The number of ether oxygens (including phenoxy) is 1. The molecule has 1 aliphatic heterocycles. The second-order valence-electron chi connectivity index (χ2n) is 8.02. The van der Waals surface area contributed by atoms with E-state index >= 15 is 0 Å². The number of nitrogens with zero attached hydrogens (tertiary/aromatic N) is 3. The number of pyridine rings is 1. The van der Waals surface area contributed by atoms with Crippen LogP contribution in [-0.2, 0) is 4.74 Å². The molecule has 1 aromatic heterocycles. The highest BCUT2D eigenvalue weighted by atomic mass is 32.2. The fourth-order valence-corrected chi connectivity index (χ4v) is 5.48. The summed E-state index contributed by atoms with van der Waals surface area (Å²) in [5.74, 6) is -6.08. The fraction of sp³-hybridized carbons (Fsp3) is 0.348. The third-order valence-corrected chi connectivity index (χ3v) is 7.03. The number of thioether (sulfide) groups is 1. The van der Waals surface area contributed by atoms with Gasteiger partial charge in [0, 0.05) is 18.9 Å². The number of allylic oxidation sites excluding steroid dienone is 4. The number of nitriles is 1. The van der Waals surface area contributed by atoms with Crippen LogP contribution in [0.1, 0.15) is 25.1 Å². The maximum Gasteiger partial charge on any atom is 0.272 e. The first-order valence-electron chi connectivity index (χ1n) is 9.81. The van der Waals surface area contributed by atoms with Gasteiger partial charge in [-0.25, -0.2) is 17.6 Å². The van der Waals surface area contributed by atoms with Gasteiger partial charge in [0.15, 0.2) is 5.17 Å². The van der Waals surface area contributed by atoms with Crippen LogP contribution in [0.25, 0.3) is 5.83 Å². The summed E-state index contributed by atoms with van der Waals surface area (Å²) in [5.41, 5.74) is 4.51. The molecule has 0 unspecified atom stereocenters. The fourth-order valence-electron chi connectivity index (χ4n) is 4.01. The Kier molecular flexibility index (Phi) is 6.60. The smallest absolute Gasteiger partial charge is 0.272 e. The number of aromatic nitrogens is 1. The van der Waals surface area contributed by atoms with Crippen molar-refractivity contribution in [2.75, 3.05) is 13.7 Å². The summed E-state index contributed by atoms with van der Waals surface area (Å²) in [6.07, 6.45) is 4.67. The van der Waals surface area contributed by atoms with Gasteiger partial charge in [0.05, 0.1) is 29.3 Å². The third-order valence-electron chi connectivity index (χ3n) is 5.74. The van der Waals surface area contributed by atoms with E-state index in [1.807, 2.05) is 6.07 Å². The predicted octanol–water partition coefficient (Wildman–Crippen LogP) is 5.09. The van der Waals surface area contributed by atoms with Gasteiger partial charge in [0.2, 0.25) is 0 Å². The largest absolute Gasteiger partial charge is 0.383 e. The number of hydrogen-bond acceptors (Lipinski definition) is 6. The Bertz CT molecular complexity index is 1140. The monoisotopic (exact) mass is 478 g/mol. The minimum absolute atomic E-state index is 0.0121. The van der Waals surface area contributed by atoms with Gasteiger partial charge in [-0.2, -0.15) is 5.26 Å². The van der Waals surface area contributed by atoms with Crippen LogP contribution in [-0.4, -0.2) is 40.1 Å². The third kappa shape index (κ3) is 4.23. The topological polar surface area (TPSA) is 84.3 Å². The van der Waals surface area contributed by atoms with E-state index in [4.69, 9.17) is 15.7 Å². The summed E-state index contributed by atoms with van der Waals surface area (Å²) in [6.45, 7) is 6.31. The lowest BCUT2D eigenvalue weighted by Crippen LogP contribution is -2.40. The lowest BCUT2D eigenvalue weighted by Gasteiger charge is -2.32. The number of methoxy groups -OCH3 is 1. The van der Waals surface area contributed by atoms with E-state index in [2.05, 4.69) is 16.6 Å². The summed E-state index contributed by atoms with van der Waals surface area (Å²) in [5, 5.41) is 8.68. The van der Waals surface area contributed by atoms with Gasteiger partial charge in [0.1, 0.15) is 22.5 Å². The first kappa shape index (κ1) is 24.7. The normalized spacial score (nSPS) is 29.1. The molecule has 10 heteroatoms. The first-order chi connectivity index (χ1) is 15.4. The Hall–Kier alpha value is -2.90. The second-order valence-corrected chi connectivity index (χ2v) is 9.37. The van der Waals surface area contributed by atoms with Crippen molar-refractivity contribution in [2.45, 2.75) is 30.1 Å². The van der Waals surface area contributed by atoms with E-state index in [9.17, 15) is 17.6 Å². The van der Waals surface area contributed by atoms with Crippen molar-refractivity contribution in [1.29, 1.82) is 5.26 Å². The van der Waals surface area contributed by atoms with Crippen LogP contribution >= 0.6 is 11.8 Å². The number of aliphatic imine (C=N–C) groups is 1. The van der Waals surface area contributed by atoms with E-state index in [1.165, 1.54) is 45.4 Å². The molecule has 2 aliphatic rings. The summed E-state index contributed by atoms with van der Waals surface area (Å²) in [7, 11) is 1.31. The van der Waals surface area contributed by atoms with E-state index in [0.717, 1.165) is 23.9 Å². The molecule has 0 bridgehead atoms. The van der Waals surface area contributed by atoms with Crippen molar-refractivity contribution in [3.63, 3.8) is 0 Å². The highest BCUT2D eigenvalue weighted by Gasteiger charge is 2.88. The predicted molar refractivity (Wildman–Crippen MR) is 121 cm³/mol. The number of alkyl halides is 2. The molecule has 1 fully saturated rings. The maximum atomic E-state index is 15.0. The lowest BCUT2D eigenvalue weighted by molar-refractivity contribution is 0.0667. The number of halogens is 4. The SMILES string of the molecule is C=C(\C(F)=C/C=C(C)/C=C(\F)c1ccc(C#N)cn1)[C@@]1(C)N=C(N)S[C@]2(COC)[C@@H]1C2(F)F. The molecule has 2 N–H and O–H groups in total. The van der Waals surface area contributed by atoms with Gasteiger partial charge in [-0.1, -0.05) is 24.4 Å². The minimum Gasteiger partial charge on any atom is -0.383 e. The zero-order valence-corrected chi connectivity index (χ0v) is 19.0. The molecule has 5 nitrogen and oxygen atoms in total. The first-order valence-corrected chi connectivity index (χ1v) is 10.6. The van der Waals surface area contributed by atoms with E-state index < -0.39 is 33.8 Å². The quantitative estimate of drug-likeness (QED) is 0.436. The van der Waals surface area contributed by atoms with Gasteiger partial charge in [0.25, 0.3) is 5.92 Å². The van der Waals surface area contributed by atoms with Crippen LogP contribution < -0.4 is 5.73 Å². The van der Waals surface area contributed by atoms with Crippen LogP contribution in [0.3, 0.4) is 0 Å². The summed E-state index contributed by atoms with van der Waals surface area (Å²) >= 11 is 0.736. The number of rotatable bonds is 7. The summed E-state index contributed by atoms with van der Waals surface area (Å²) < 4.78 is 62.3. The molecule has 0 saturated heterocycles. The van der Waals surface area contributed by atoms with Crippen LogP contribution in [0.15, 0.2) is 65.1 Å². The molecule has 0 radical (unpaired) electrons. The van der Waals surface area contributed by atoms with Crippen LogP contribution in [0.2, 0.25) is 0 Å². The Balaban J connectivity index is 1.84. The molecule has 0 amide bonds. The summed E-state index contributed by atoms with van der Waals surface area (Å²) in [4.78, 5) is 7.97. The molecule has 1 aromatic rings. The number of hydrogen-bond donors (Lipinski definition) is 1. The standard InChI is InChI=1S/C23H22F4N4OS/c1-13(9-17(25)18-8-6-15(10-28)11-30-18)5-7-16(24)14(2)21(3)19-22(12-32-4,23(19,26)27)33-20(29)31-21/h5-9,11,19H,2,12H2,1,3-4H3,(H2,29,31)/b13-5+,16-7+,17-9-/t19-,21-,22-/m1/s1. The van der Waals surface area contributed by atoms with E-state index in [1.54, 1.807) is 0 Å². The minimum atomic E-state index is -3.18. The van der Waals surface area contributed by atoms with Crippen molar-refractivity contribution in [1.82, 2.24) is 4.98 Å². The van der Waals surface area contributed by atoms with E-state index in [0.29, 0.717) is 5.57 Å². The van der Waals surface area contributed by atoms with Gasteiger partial charge in [-0.3, -0.25) is 9.98 Å². The van der Waals surface area contributed by atoms with Crippen molar-refractivity contribution >= 4 is 22.8 Å². The Labute approximate surface area is 193 Å². The Morgan fingerprint density at radius 3 is 2.64 bits per heavy atom. The Morgan fingerprint density at radius 1 is 1.36 bits per heavy atom. The summed E-state index contributed by atoms with van der Waals surface area (Å²) in [6, 6.07) is 4.66. The van der Waals surface area contributed by atoms with Crippen LogP contribution in [0, 0.1) is 17.2 Å². The van der Waals surface area contributed by atoms with Gasteiger partial charge in [-0.05, 0) is 43.7 Å². The van der Waals surface area contributed by atoms with Gasteiger partial charge in [-0.15, -0.1) is 0 Å². The van der Waals surface area contributed by atoms with E-state index in [-0.39, 0.29) is 28.6 Å². The zero-order chi connectivity index (χ0) is 24.6. The molecule has 2 heterocycles. The second kappa shape index (κ2) is 8.80. The molecule has 0 aromatic carbocycles. The molecule has 1 saturated carbocycles. The number of nitrogens with two attached hydrogens (primary N) is 1. The zero-order valence-electron chi connectivity index (χ0n) is 18.2. The van der Waals surface area contributed by atoms with Crippen LogP contribution in [0.4, 0.5) is 17.6 Å². The highest BCUT2D eigenvalue weighted by molar-refractivity contribution is 8.15. The van der Waals surface area contributed by atoms with Gasteiger partial charge >= 0.3 is 0 Å². The molecule has 3 rings (SSSR count). The average Bonchev–Trinajstić information content (AvgIpc) is 3.26. The molecular weight excluding hydrogens is 456 g/mol. The molecule has 3 atom stereocenters. The van der Waals surface area contributed by atoms with Gasteiger partial charge < -0.3 is 10.5 Å². The Morgan fingerprint density at radius 2 is 2.06 bits per heavy atom. The maximum absolute atomic E-state index is 15.0. The molecule has 33 heavy (non-hydrogen) atoms. The van der Waals surface area contributed by atoms with Crippen molar-refractivity contribution in [3.8, 4) is 6.07 Å². The molecule has 0 spiro atoms.